The van der Waals surface area contributed by atoms with Gasteiger partial charge in [-0.05, 0) is 6.07 Å². The van der Waals surface area contributed by atoms with E-state index < -0.39 is 4.83 Å². The third-order valence-electron chi connectivity index (χ3n) is 1.82. The largest absolute Gasteiger partial charge is 0.496 e. The van der Waals surface area contributed by atoms with Gasteiger partial charge in [-0.15, -0.1) is 0 Å². The van der Waals surface area contributed by atoms with Crippen molar-refractivity contribution in [2.45, 2.75) is 4.83 Å². The lowest BCUT2D eigenvalue weighted by molar-refractivity contribution is -0.139. The second-order valence-corrected chi connectivity index (χ2v) is 3.54. The Morgan fingerprint density at radius 2 is 2.00 bits per heavy atom. The average Bonchev–Trinajstić information content (AvgIpc) is 2.26. The summed E-state index contributed by atoms with van der Waals surface area (Å²) in [6, 6.07) is 7.30. The van der Waals surface area contributed by atoms with Crippen LogP contribution in [0.25, 0.3) is 0 Å². The van der Waals surface area contributed by atoms with Crippen molar-refractivity contribution in [2.75, 3.05) is 14.2 Å². The normalized spacial score (nSPS) is 11.9. The van der Waals surface area contributed by atoms with E-state index in [1.165, 1.54) is 7.11 Å². The Morgan fingerprint density at radius 3 is 2.57 bits per heavy atom. The molecule has 3 nitrogen and oxygen atoms in total. The molecule has 0 aliphatic carbocycles. The first-order chi connectivity index (χ1) is 6.70. The summed E-state index contributed by atoms with van der Waals surface area (Å²) in [6.07, 6.45) is 0. The number of alkyl halides is 1. The number of hydrogen-bond donors (Lipinski definition) is 0. The van der Waals surface area contributed by atoms with E-state index in [0.29, 0.717) is 5.75 Å². The number of methoxy groups -OCH3 is 2. The number of carbonyl (C=O) groups excluding carboxylic acids is 1. The number of rotatable bonds is 3. The molecule has 0 aliphatic rings. The Hall–Kier alpha value is -1.03. The van der Waals surface area contributed by atoms with E-state index in [-0.39, 0.29) is 5.97 Å². The van der Waals surface area contributed by atoms with Crippen LogP contribution in [0.15, 0.2) is 24.3 Å². The van der Waals surface area contributed by atoms with E-state index in [1.54, 1.807) is 13.2 Å². The molecule has 0 aromatic heterocycles. The van der Waals surface area contributed by atoms with Crippen LogP contribution in [-0.4, -0.2) is 20.2 Å². The molecule has 4 heteroatoms. The highest BCUT2D eigenvalue weighted by atomic mass is 79.9. The van der Waals surface area contributed by atoms with Crippen LogP contribution in [0.3, 0.4) is 0 Å². The number of para-hydroxylation sites is 1. The van der Waals surface area contributed by atoms with Crippen LogP contribution in [0, 0.1) is 0 Å². The van der Waals surface area contributed by atoms with Crippen LogP contribution < -0.4 is 4.74 Å². The van der Waals surface area contributed by atoms with Gasteiger partial charge in [0.05, 0.1) is 14.2 Å². The Bertz CT molecular complexity index is 325. The van der Waals surface area contributed by atoms with Gasteiger partial charge < -0.3 is 9.47 Å². The van der Waals surface area contributed by atoms with Crippen LogP contribution in [0.1, 0.15) is 10.4 Å². The number of halogens is 1. The molecule has 1 atom stereocenters. The fraction of sp³-hybridized carbons (Fsp3) is 0.300. The van der Waals surface area contributed by atoms with Crippen molar-refractivity contribution in [1.82, 2.24) is 0 Å². The minimum Gasteiger partial charge on any atom is -0.496 e. The first-order valence-electron chi connectivity index (χ1n) is 4.05. The maximum atomic E-state index is 11.3. The number of ether oxygens (including phenoxy) is 2. The summed E-state index contributed by atoms with van der Waals surface area (Å²) in [6.45, 7) is 0. The standard InChI is InChI=1S/C10H11BrO3/c1-13-8-6-4-3-5-7(8)9(11)10(12)14-2/h3-6,9H,1-2H3/t9-/m0/s1. The van der Waals surface area contributed by atoms with Crippen molar-refractivity contribution < 1.29 is 14.3 Å². The van der Waals surface area contributed by atoms with Crippen molar-refractivity contribution in [3.63, 3.8) is 0 Å². The Kier molecular flexibility index (Phi) is 3.95. The molecule has 76 valence electrons. The molecule has 0 saturated carbocycles. The fourth-order valence-electron chi connectivity index (χ4n) is 1.11. The molecule has 0 radical (unpaired) electrons. The van der Waals surface area contributed by atoms with E-state index in [1.807, 2.05) is 18.2 Å². The number of hydrogen-bond acceptors (Lipinski definition) is 3. The van der Waals surface area contributed by atoms with Gasteiger partial charge in [-0.3, -0.25) is 4.79 Å². The third-order valence-corrected chi connectivity index (χ3v) is 2.69. The van der Waals surface area contributed by atoms with Gasteiger partial charge in [0, 0.05) is 5.56 Å². The third kappa shape index (κ3) is 2.26. The van der Waals surface area contributed by atoms with Gasteiger partial charge in [-0.2, -0.15) is 0 Å². The van der Waals surface area contributed by atoms with E-state index in [2.05, 4.69) is 20.7 Å². The Labute approximate surface area is 91.1 Å². The molecule has 0 unspecified atom stereocenters. The quantitative estimate of drug-likeness (QED) is 0.617. The van der Waals surface area contributed by atoms with Crippen LogP contribution in [0.2, 0.25) is 0 Å². The fourth-order valence-corrected chi connectivity index (χ4v) is 1.67. The molecule has 0 fully saturated rings. The first-order valence-corrected chi connectivity index (χ1v) is 4.97. The number of carbonyl (C=O) groups is 1. The molecule has 1 rings (SSSR count). The van der Waals surface area contributed by atoms with Gasteiger partial charge in [0.1, 0.15) is 10.6 Å². The topological polar surface area (TPSA) is 35.5 Å². The lowest BCUT2D eigenvalue weighted by Crippen LogP contribution is -2.09. The van der Waals surface area contributed by atoms with Crippen molar-refractivity contribution in [1.29, 1.82) is 0 Å². The van der Waals surface area contributed by atoms with Crippen molar-refractivity contribution in [2.24, 2.45) is 0 Å². The monoisotopic (exact) mass is 258 g/mol. The highest BCUT2D eigenvalue weighted by molar-refractivity contribution is 9.09. The highest BCUT2D eigenvalue weighted by Crippen LogP contribution is 2.31. The van der Waals surface area contributed by atoms with E-state index in [9.17, 15) is 4.79 Å². The van der Waals surface area contributed by atoms with Gasteiger partial charge in [0.2, 0.25) is 0 Å². The molecule has 0 spiro atoms. The molecule has 0 saturated heterocycles. The molecule has 0 N–H and O–H groups in total. The molecule has 1 aromatic rings. The van der Waals surface area contributed by atoms with Gasteiger partial charge in [-0.25, -0.2) is 0 Å². The lowest BCUT2D eigenvalue weighted by atomic mass is 10.1. The first kappa shape index (κ1) is 11.0. The second kappa shape index (κ2) is 5.00. The zero-order valence-electron chi connectivity index (χ0n) is 7.99. The van der Waals surface area contributed by atoms with Crippen molar-refractivity contribution >= 4 is 21.9 Å². The zero-order valence-corrected chi connectivity index (χ0v) is 9.58. The van der Waals surface area contributed by atoms with E-state index >= 15 is 0 Å². The van der Waals surface area contributed by atoms with Crippen molar-refractivity contribution in [3.05, 3.63) is 29.8 Å². The molecule has 0 heterocycles. The Morgan fingerprint density at radius 1 is 1.36 bits per heavy atom. The smallest absolute Gasteiger partial charge is 0.324 e. The van der Waals surface area contributed by atoms with Crippen LogP contribution in [0.5, 0.6) is 5.75 Å². The summed E-state index contributed by atoms with van der Waals surface area (Å²) >= 11 is 3.25. The maximum Gasteiger partial charge on any atom is 0.324 e. The summed E-state index contributed by atoms with van der Waals surface area (Å²) in [4.78, 5) is 10.8. The zero-order chi connectivity index (χ0) is 10.6. The lowest BCUT2D eigenvalue weighted by Gasteiger charge is -2.11. The summed E-state index contributed by atoms with van der Waals surface area (Å²) in [7, 11) is 2.92. The molecule has 1 aromatic carbocycles. The minimum absolute atomic E-state index is 0.338. The molecular weight excluding hydrogens is 248 g/mol. The SMILES string of the molecule is COC(=O)[C@@H](Br)c1ccccc1OC. The number of benzene rings is 1. The predicted octanol–water partition coefficient (Wildman–Crippen LogP) is 2.30. The van der Waals surface area contributed by atoms with Crippen LogP contribution in [0.4, 0.5) is 0 Å². The molecular formula is C10H11BrO3. The summed E-state index contributed by atoms with van der Waals surface area (Å²) in [5.41, 5.74) is 0.766. The molecule has 14 heavy (non-hydrogen) atoms. The highest BCUT2D eigenvalue weighted by Gasteiger charge is 2.20. The van der Waals surface area contributed by atoms with E-state index in [0.717, 1.165) is 5.56 Å². The maximum absolute atomic E-state index is 11.3. The number of esters is 1. The van der Waals surface area contributed by atoms with Gasteiger partial charge in [0.25, 0.3) is 0 Å². The molecule has 0 amide bonds. The van der Waals surface area contributed by atoms with Gasteiger partial charge >= 0.3 is 5.97 Å². The minimum atomic E-state index is -0.483. The van der Waals surface area contributed by atoms with Crippen LogP contribution in [-0.2, 0) is 9.53 Å². The predicted molar refractivity (Wildman–Crippen MR) is 56.7 cm³/mol. The molecule has 0 bridgehead atoms. The van der Waals surface area contributed by atoms with Gasteiger partial charge in [-0.1, -0.05) is 34.1 Å². The van der Waals surface area contributed by atoms with E-state index in [4.69, 9.17) is 4.74 Å². The van der Waals surface area contributed by atoms with Crippen LogP contribution >= 0.6 is 15.9 Å². The summed E-state index contributed by atoms with van der Waals surface area (Å²) in [5.74, 6) is 0.328. The second-order valence-electron chi connectivity index (χ2n) is 2.63. The summed E-state index contributed by atoms with van der Waals surface area (Å²) in [5, 5.41) is 0. The molecule has 0 aliphatic heterocycles. The Balaban J connectivity index is 2.99. The van der Waals surface area contributed by atoms with Gasteiger partial charge in [0.15, 0.2) is 0 Å². The summed E-state index contributed by atoms with van der Waals surface area (Å²) < 4.78 is 9.75. The van der Waals surface area contributed by atoms with Crippen molar-refractivity contribution in [3.8, 4) is 5.75 Å². The average molecular weight is 259 g/mol.